The van der Waals surface area contributed by atoms with Crippen molar-refractivity contribution in [2.45, 2.75) is 13.8 Å². The molecule has 0 spiro atoms. The number of thiophene rings is 1. The first-order valence-electron chi connectivity index (χ1n) is 10.8. The molecule has 5 rings (SSSR count). The van der Waals surface area contributed by atoms with Crippen LogP contribution in [0.4, 0.5) is 10.1 Å². The second-order valence-electron chi connectivity index (χ2n) is 8.35. The number of fused-ring (bicyclic) bond motifs is 1. The zero-order valence-electron chi connectivity index (χ0n) is 18.4. The van der Waals surface area contributed by atoms with E-state index in [2.05, 4.69) is 42.0 Å². The maximum absolute atomic E-state index is 14.4. The van der Waals surface area contributed by atoms with Crippen LogP contribution in [0.1, 0.15) is 20.8 Å². The third-order valence-corrected chi connectivity index (χ3v) is 7.30. The molecule has 1 saturated heterocycles. The number of amides is 1. The van der Waals surface area contributed by atoms with Gasteiger partial charge in [0, 0.05) is 49.9 Å². The smallest absolute Gasteiger partial charge is 0.264 e. The van der Waals surface area contributed by atoms with Crippen molar-refractivity contribution in [1.82, 2.24) is 14.7 Å². The van der Waals surface area contributed by atoms with Gasteiger partial charge in [-0.15, -0.1) is 11.3 Å². The molecule has 1 amide bonds. The molecule has 164 valence electrons. The largest absolute Gasteiger partial charge is 0.368 e. The molecule has 0 bridgehead atoms. The minimum Gasteiger partial charge on any atom is -0.368 e. The molecular weight excluding hydrogens is 423 g/mol. The predicted octanol–water partition coefficient (Wildman–Crippen LogP) is 5.02. The van der Waals surface area contributed by atoms with Crippen LogP contribution in [-0.2, 0) is 7.05 Å². The molecule has 0 radical (unpaired) electrons. The van der Waals surface area contributed by atoms with Gasteiger partial charge >= 0.3 is 0 Å². The van der Waals surface area contributed by atoms with Gasteiger partial charge in [-0.2, -0.15) is 5.10 Å². The molecule has 0 aliphatic carbocycles. The first kappa shape index (κ1) is 20.7. The van der Waals surface area contributed by atoms with E-state index in [0.29, 0.717) is 29.2 Å². The van der Waals surface area contributed by atoms with E-state index in [-0.39, 0.29) is 11.7 Å². The van der Waals surface area contributed by atoms with Crippen LogP contribution in [0.15, 0.2) is 48.5 Å². The molecule has 1 aliphatic rings. The number of aromatic nitrogens is 2. The Labute approximate surface area is 190 Å². The van der Waals surface area contributed by atoms with Crippen molar-refractivity contribution in [3.63, 3.8) is 0 Å². The number of halogens is 1. The number of benzene rings is 2. The van der Waals surface area contributed by atoms with E-state index < -0.39 is 0 Å². The summed E-state index contributed by atoms with van der Waals surface area (Å²) in [5, 5.41) is 5.33. The second kappa shape index (κ2) is 8.06. The van der Waals surface area contributed by atoms with Gasteiger partial charge in [0.05, 0.1) is 4.88 Å². The minimum atomic E-state index is -0.311. The third kappa shape index (κ3) is 3.56. The molecule has 4 aromatic rings. The van der Waals surface area contributed by atoms with Gasteiger partial charge in [-0.1, -0.05) is 29.8 Å². The van der Waals surface area contributed by atoms with Crippen LogP contribution in [0.3, 0.4) is 0 Å². The fraction of sp³-hybridized carbons (Fsp3) is 0.280. The summed E-state index contributed by atoms with van der Waals surface area (Å²) >= 11 is 1.42. The highest BCUT2D eigenvalue weighted by Crippen LogP contribution is 2.35. The Bertz CT molecular complexity index is 1320. The Kier molecular flexibility index (Phi) is 5.21. The highest BCUT2D eigenvalue weighted by Gasteiger charge is 2.26. The SMILES string of the molecule is Cc1ccc(N2CCN(C(=O)c3cc4c(-c5ccccc5F)nn(C)c4s3)CC2)c(C)c1. The van der Waals surface area contributed by atoms with Gasteiger partial charge in [0.1, 0.15) is 16.3 Å². The molecule has 2 aromatic carbocycles. The van der Waals surface area contributed by atoms with Gasteiger partial charge in [0.2, 0.25) is 0 Å². The summed E-state index contributed by atoms with van der Waals surface area (Å²) in [6.45, 7) is 7.21. The summed E-state index contributed by atoms with van der Waals surface area (Å²) in [7, 11) is 1.83. The van der Waals surface area contributed by atoms with Crippen LogP contribution in [0.2, 0.25) is 0 Å². The number of carbonyl (C=O) groups is 1. The standard InChI is InChI=1S/C25H25FN4OS/c1-16-8-9-21(17(2)14-16)29-10-12-30(13-11-29)24(31)22-15-19-23(27-28(3)25(19)32-22)18-6-4-5-7-20(18)26/h4-9,14-15H,10-13H2,1-3H3. The molecule has 0 saturated carbocycles. The lowest BCUT2D eigenvalue weighted by Crippen LogP contribution is -2.48. The number of rotatable bonds is 3. The number of anilines is 1. The maximum atomic E-state index is 14.4. The summed E-state index contributed by atoms with van der Waals surface area (Å²) in [5.74, 6) is -0.278. The van der Waals surface area contributed by atoms with Crippen molar-refractivity contribution in [1.29, 1.82) is 0 Å². The molecule has 2 aromatic heterocycles. The molecule has 1 fully saturated rings. The number of hydrogen-bond donors (Lipinski definition) is 0. The zero-order valence-corrected chi connectivity index (χ0v) is 19.2. The summed E-state index contributed by atoms with van der Waals surface area (Å²) in [5.41, 5.74) is 4.80. The van der Waals surface area contributed by atoms with E-state index >= 15 is 0 Å². The predicted molar refractivity (Wildman–Crippen MR) is 128 cm³/mol. The minimum absolute atomic E-state index is 0.0333. The van der Waals surface area contributed by atoms with E-state index in [1.807, 2.05) is 18.0 Å². The van der Waals surface area contributed by atoms with E-state index in [0.717, 1.165) is 23.3 Å². The molecule has 1 aliphatic heterocycles. The topological polar surface area (TPSA) is 41.4 Å². The van der Waals surface area contributed by atoms with Crippen molar-refractivity contribution in [3.8, 4) is 11.3 Å². The number of hydrogen-bond acceptors (Lipinski definition) is 4. The average molecular weight is 449 g/mol. The van der Waals surface area contributed by atoms with E-state index in [4.69, 9.17) is 0 Å². The average Bonchev–Trinajstić information content (AvgIpc) is 3.35. The van der Waals surface area contributed by atoms with Crippen LogP contribution in [0.5, 0.6) is 0 Å². The van der Waals surface area contributed by atoms with Gasteiger partial charge in [0.15, 0.2) is 0 Å². The first-order valence-corrected chi connectivity index (χ1v) is 11.6. The van der Waals surface area contributed by atoms with E-state index in [1.165, 1.54) is 34.2 Å². The van der Waals surface area contributed by atoms with Crippen LogP contribution < -0.4 is 4.90 Å². The number of piperazine rings is 1. The molecule has 3 heterocycles. The van der Waals surface area contributed by atoms with E-state index in [1.54, 1.807) is 22.9 Å². The van der Waals surface area contributed by atoms with Gasteiger partial charge in [-0.05, 0) is 43.7 Å². The van der Waals surface area contributed by atoms with Crippen molar-refractivity contribution in [2.75, 3.05) is 31.1 Å². The Morgan fingerprint density at radius 2 is 1.78 bits per heavy atom. The fourth-order valence-electron chi connectivity index (χ4n) is 4.46. The quantitative estimate of drug-likeness (QED) is 0.442. The Hall–Kier alpha value is -3.19. The van der Waals surface area contributed by atoms with E-state index in [9.17, 15) is 9.18 Å². The van der Waals surface area contributed by atoms with Crippen molar-refractivity contribution in [2.24, 2.45) is 7.05 Å². The summed E-state index contributed by atoms with van der Waals surface area (Å²) in [6, 6.07) is 15.0. The van der Waals surface area contributed by atoms with Crippen LogP contribution in [0, 0.1) is 19.7 Å². The summed E-state index contributed by atoms with van der Waals surface area (Å²) in [4.78, 5) is 19.1. The normalized spacial score (nSPS) is 14.4. The lowest BCUT2D eigenvalue weighted by Gasteiger charge is -2.36. The monoisotopic (exact) mass is 448 g/mol. The van der Waals surface area contributed by atoms with Crippen molar-refractivity contribution >= 4 is 33.1 Å². The van der Waals surface area contributed by atoms with Crippen molar-refractivity contribution in [3.05, 3.63) is 70.4 Å². The Balaban J connectivity index is 1.37. The Morgan fingerprint density at radius 3 is 2.50 bits per heavy atom. The molecule has 32 heavy (non-hydrogen) atoms. The van der Waals surface area contributed by atoms with Gasteiger partial charge in [-0.3, -0.25) is 9.48 Å². The zero-order chi connectivity index (χ0) is 22.4. The van der Waals surface area contributed by atoms with Crippen LogP contribution >= 0.6 is 11.3 Å². The van der Waals surface area contributed by atoms with Gasteiger partial charge < -0.3 is 9.80 Å². The molecule has 7 heteroatoms. The molecular formula is C25H25FN4OS. The third-order valence-electron chi connectivity index (χ3n) is 6.11. The number of nitrogens with zero attached hydrogens (tertiary/aromatic N) is 4. The number of carbonyl (C=O) groups excluding carboxylic acids is 1. The first-order chi connectivity index (χ1) is 15.4. The molecule has 5 nitrogen and oxygen atoms in total. The lowest BCUT2D eigenvalue weighted by molar-refractivity contribution is 0.0751. The van der Waals surface area contributed by atoms with Gasteiger partial charge in [-0.25, -0.2) is 4.39 Å². The molecule has 0 N–H and O–H groups in total. The van der Waals surface area contributed by atoms with Crippen LogP contribution in [-0.4, -0.2) is 46.8 Å². The fourth-order valence-corrected chi connectivity index (χ4v) is 5.50. The molecule has 0 atom stereocenters. The highest BCUT2D eigenvalue weighted by atomic mass is 32.1. The second-order valence-corrected chi connectivity index (χ2v) is 9.38. The lowest BCUT2D eigenvalue weighted by atomic mass is 10.1. The maximum Gasteiger partial charge on any atom is 0.264 e. The van der Waals surface area contributed by atoms with Crippen molar-refractivity contribution < 1.29 is 9.18 Å². The van der Waals surface area contributed by atoms with Crippen LogP contribution in [0.25, 0.3) is 21.5 Å². The van der Waals surface area contributed by atoms with Gasteiger partial charge in [0.25, 0.3) is 5.91 Å². The summed E-state index contributed by atoms with van der Waals surface area (Å²) in [6.07, 6.45) is 0. The number of aryl methyl sites for hydroxylation is 3. The summed E-state index contributed by atoms with van der Waals surface area (Å²) < 4.78 is 16.1. The molecule has 0 unspecified atom stereocenters. The Morgan fingerprint density at radius 1 is 1.03 bits per heavy atom. The highest BCUT2D eigenvalue weighted by molar-refractivity contribution is 7.20.